The van der Waals surface area contributed by atoms with Crippen LogP contribution in [0.1, 0.15) is 36.5 Å². The van der Waals surface area contributed by atoms with Crippen LogP contribution >= 0.6 is 0 Å². The molecular formula is C28H27NO4. The van der Waals surface area contributed by atoms with E-state index in [9.17, 15) is 4.79 Å². The van der Waals surface area contributed by atoms with Crippen LogP contribution in [0.3, 0.4) is 0 Å². The fraction of sp³-hybridized carbons (Fsp3) is 0.250. The Kier molecular flexibility index (Phi) is 6.03. The number of aryl methyl sites for hydroxylation is 1. The summed E-state index contributed by atoms with van der Waals surface area (Å²) in [7, 11) is 0. The maximum atomic E-state index is 12.3. The Labute approximate surface area is 193 Å². The summed E-state index contributed by atoms with van der Waals surface area (Å²) in [4.78, 5) is 14.4. The number of ether oxygens (including phenoxy) is 2. The molecule has 1 aliphatic rings. The van der Waals surface area contributed by atoms with Crippen LogP contribution in [0.15, 0.2) is 82.0 Å². The highest BCUT2D eigenvalue weighted by Crippen LogP contribution is 2.35. The topological polar surface area (TPSA) is 51.9 Å². The van der Waals surface area contributed by atoms with Gasteiger partial charge in [-0.2, -0.15) is 0 Å². The Balaban J connectivity index is 1.37. The van der Waals surface area contributed by atoms with Gasteiger partial charge in [-0.3, -0.25) is 0 Å². The lowest BCUT2D eigenvalue weighted by molar-refractivity contribution is 0.288. The predicted molar refractivity (Wildman–Crippen MR) is 130 cm³/mol. The first-order valence-corrected chi connectivity index (χ1v) is 11.4. The molecule has 33 heavy (non-hydrogen) atoms. The highest BCUT2D eigenvalue weighted by atomic mass is 16.5. The Bertz CT molecular complexity index is 1300. The van der Waals surface area contributed by atoms with E-state index in [1.54, 1.807) is 6.07 Å². The molecule has 0 fully saturated rings. The van der Waals surface area contributed by atoms with Gasteiger partial charge in [0.15, 0.2) is 6.73 Å². The van der Waals surface area contributed by atoms with Crippen molar-refractivity contribution in [3.05, 3.63) is 99.9 Å². The molecule has 0 N–H and O–H groups in total. The van der Waals surface area contributed by atoms with Gasteiger partial charge in [-0.1, -0.05) is 43.7 Å². The molecule has 0 amide bonds. The monoisotopic (exact) mass is 441 g/mol. The molecule has 0 aliphatic carbocycles. The molecule has 4 aromatic rings. The lowest BCUT2D eigenvalue weighted by Crippen LogP contribution is -2.32. The number of hydrogen-bond donors (Lipinski definition) is 0. The lowest BCUT2D eigenvalue weighted by atomic mass is 10.0. The van der Waals surface area contributed by atoms with Crippen molar-refractivity contribution in [3.8, 4) is 11.5 Å². The molecule has 0 radical (unpaired) electrons. The molecule has 0 saturated carbocycles. The van der Waals surface area contributed by atoms with Gasteiger partial charge in [-0.05, 0) is 60.4 Å². The summed E-state index contributed by atoms with van der Waals surface area (Å²) in [5, 5.41) is 0.997. The van der Waals surface area contributed by atoms with Crippen molar-refractivity contribution in [3.63, 3.8) is 0 Å². The van der Waals surface area contributed by atoms with Crippen molar-refractivity contribution in [1.82, 2.24) is 0 Å². The Morgan fingerprint density at radius 3 is 2.61 bits per heavy atom. The zero-order valence-corrected chi connectivity index (χ0v) is 18.8. The van der Waals surface area contributed by atoms with Crippen LogP contribution in [0.4, 0.5) is 5.69 Å². The van der Waals surface area contributed by atoms with Crippen LogP contribution in [0.25, 0.3) is 11.0 Å². The fourth-order valence-corrected chi connectivity index (χ4v) is 4.23. The van der Waals surface area contributed by atoms with Gasteiger partial charge in [-0.25, -0.2) is 4.79 Å². The molecule has 5 rings (SSSR count). The number of anilines is 1. The molecule has 3 aromatic carbocycles. The Morgan fingerprint density at radius 2 is 1.82 bits per heavy atom. The van der Waals surface area contributed by atoms with Crippen LogP contribution in [-0.2, 0) is 19.6 Å². The molecule has 0 bridgehead atoms. The van der Waals surface area contributed by atoms with E-state index in [1.165, 1.54) is 0 Å². The van der Waals surface area contributed by atoms with Crippen LogP contribution < -0.4 is 20.0 Å². The Hall–Kier alpha value is -3.73. The average molecular weight is 442 g/mol. The first-order valence-electron chi connectivity index (χ1n) is 11.4. The highest BCUT2D eigenvalue weighted by Gasteiger charge is 2.22. The zero-order valence-electron chi connectivity index (χ0n) is 18.8. The number of unbranched alkanes of at least 4 members (excludes halogenated alkanes) is 1. The van der Waals surface area contributed by atoms with Crippen molar-refractivity contribution in [2.24, 2.45) is 0 Å². The maximum Gasteiger partial charge on any atom is 0.336 e. The molecule has 5 nitrogen and oxygen atoms in total. The van der Waals surface area contributed by atoms with Crippen molar-refractivity contribution in [1.29, 1.82) is 0 Å². The SMILES string of the molecule is CCCCc1cc(=O)oc2c3c(ccc12)OCN(c1ccc(OCc2ccccc2)cc1)C3. The van der Waals surface area contributed by atoms with Crippen LogP contribution in [0, 0.1) is 0 Å². The fourth-order valence-electron chi connectivity index (χ4n) is 4.23. The summed E-state index contributed by atoms with van der Waals surface area (Å²) >= 11 is 0. The van der Waals surface area contributed by atoms with E-state index < -0.39 is 0 Å². The third kappa shape index (κ3) is 4.58. The van der Waals surface area contributed by atoms with Crippen molar-refractivity contribution in [2.75, 3.05) is 11.6 Å². The quantitative estimate of drug-likeness (QED) is 0.326. The molecule has 2 heterocycles. The minimum Gasteiger partial charge on any atom is -0.489 e. The Morgan fingerprint density at radius 1 is 1.00 bits per heavy atom. The van der Waals surface area contributed by atoms with Gasteiger partial charge in [0, 0.05) is 17.1 Å². The van der Waals surface area contributed by atoms with Crippen molar-refractivity contribution < 1.29 is 13.9 Å². The zero-order chi connectivity index (χ0) is 22.6. The van der Waals surface area contributed by atoms with E-state index in [1.807, 2.05) is 66.7 Å². The molecule has 0 unspecified atom stereocenters. The smallest absolute Gasteiger partial charge is 0.336 e. The minimum atomic E-state index is -0.306. The van der Waals surface area contributed by atoms with Crippen molar-refractivity contribution >= 4 is 16.7 Å². The molecule has 1 aliphatic heterocycles. The van der Waals surface area contributed by atoms with E-state index in [-0.39, 0.29) is 5.63 Å². The van der Waals surface area contributed by atoms with Gasteiger partial charge in [0.05, 0.1) is 12.1 Å². The third-order valence-corrected chi connectivity index (χ3v) is 6.03. The van der Waals surface area contributed by atoms with E-state index in [0.717, 1.165) is 58.5 Å². The summed E-state index contributed by atoms with van der Waals surface area (Å²) in [5.74, 6) is 1.59. The van der Waals surface area contributed by atoms with Crippen LogP contribution in [0.2, 0.25) is 0 Å². The van der Waals surface area contributed by atoms with Gasteiger partial charge in [0.1, 0.15) is 23.7 Å². The molecule has 0 spiro atoms. The predicted octanol–water partition coefficient (Wildman–Crippen LogP) is 6.07. The number of rotatable bonds is 7. The third-order valence-electron chi connectivity index (χ3n) is 6.03. The van der Waals surface area contributed by atoms with Crippen LogP contribution in [0.5, 0.6) is 11.5 Å². The second-order valence-corrected chi connectivity index (χ2v) is 8.35. The first kappa shape index (κ1) is 21.1. The van der Waals surface area contributed by atoms with Gasteiger partial charge in [0.2, 0.25) is 0 Å². The number of hydrogen-bond acceptors (Lipinski definition) is 5. The summed E-state index contributed by atoms with van der Waals surface area (Å²) in [6.07, 6.45) is 2.98. The second-order valence-electron chi connectivity index (χ2n) is 8.35. The number of fused-ring (bicyclic) bond motifs is 3. The summed E-state index contributed by atoms with van der Waals surface area (Å²) in [6.45, 7) is 3.73. The highest BCUT2D eigenvalue weighted by molar-refractivity contribution is 5.85. The van der Waals surface area contributed by atoms with E-state index >= 15 is 0 Å². The largest absolute Gasteiger partial charge is 0.489 e. The molecule has 1 aromatic heterocycles. The van der Waals surface area contributed by atoms with E-state index in [2.05, 4.69) is 11.8 Å². The minimum absolute atomic E-state index is 0.306. The van der Waals surface area contributed by atoms with Gasteiger partial charge < -0.3 is 18.8 Å². The summed E-state index contributed by atoms with van der Waals surface area (Å²) in [5.41, 5.74) is 4.45. The van der Waals surface area contributed by atoms with Crippen molar-refractivity contribution in [2.45, 2.75) is 39.3 Å². The molecule has 168 valence electrons. The lowest BCUT2D eigenvalue weighted by Gasteiger charge is -2.31. The number of benzene rings is 3. The van der Waals surface area contributed by atoms with Gasteiger partial charge >= 0.3 is 5.63 Å². The van der Waals surface area contributed by atoms with E-state index in [0.29, 0.717) is 25.5 Å². The van der Waals surface area contributed by atoms with Crippen LogP contribution in [-0.4, -0.2) is 6.73 Å². The standard InChI is InChI=1S/C28H27NO4/c1-2-3-9-21-16-27(30)33-28-24(21)14-15-26-25(28)17-29(19-32-26)22-10-12-23(13-11-22)31-18-20-7-5-4-6-8-20/h4-8,10-16H,2-3,9,17-19H2,1H3. The maximum absolute atomic E-state index is 12.3. The van der Waals surface area contributed by atoms with Gasteiger partial charge in [-0.15, -0.1) is 0 Å². The first-order chi connectivity index (χ1) is 16.2. The molecule has 0 atom stereocenters. The van der Waals surface area contributed by atoms with E-state index in [4.69, 9.17) is 13.9 Å². The second kappa shape index (κ2) is 9.41. The number of nitrogens with zero attached hydrogens (tertiary/aromatic N) is 1. The van der Waals surface area contributed by atoms with Gasteiger partial charge in [0.25, 0.3) is 0 Å². The summed E-state index contributed by atoms with van der Waals surface area (Å²) < 4.78 is 17.6. The molecular weight excluding hydrogens is 414 g/mol. The average Bonchev–Trinajstić information content (AvgIpc) is 2.86. The normalized spacial score (nSPS) is 12.9. The molecule has 0 saturated heterocycles. The molecule has 5 heteroatoms. The summed E-state index contributed by atoms with van der Waals surface area (Å²) in [6, 6.07) is 23.7.